The molecule has 0 saturated carbocycles. The van der Waals surface area contributed by atoms with Crippen molar-refractivity contribution in [2.24, 2.45) is 0 Å². The Balaban J connectivity index is 1.36. The van der Waals surface area contributed by atoms with Crippen LogP contribution in [0.5, 0.6) is 5.75 Å². The molecular weight excluding hydrogens is 514 g/mol. The van der Waals surface area contributed by atoms with E-state index >= 15 is 0 Å². The minimum atomic E-state index is -1.04. The van der Waals surface area contributed by atoms with Gasteiger partial charge in [0, 0.05) is 37.6 Å². The lowest BCUT2D eigenvalue weighted by Gasteiger charge is -2.25. The summed E-state index contributed by atoms with van der Waals surface area (Å²) in [5, 5.41) is 16.9. The number of carbonyl (C=O) groups is 2. The van der Waals surface area contributed by atoms with Crippen LogP contribution in [0.2, 0.25) is 0 Å². The van der Waals surface area contributed by atoms with Gasteiger partial charge in [0.1, 0.15) is 17.4 Å². The quantitative estimate of drug-likeness (QED) is 0.269. The zero-order valence-corrected chi connectivity index (χ0v) is 22.7. The molecule has 40 heavy (non-hydrogen) atoms. The van der Waals surface area contributed by atoms with Gasteiger partial charge >= 0.3 is 0 Å². The second-order valence-electron chi connectivity index (χ2n) is 10.2. The third-order valence-electron chi connectivity index (χ3n) is 7.08. The fraction of sp³-hybridized carbons (Fsp3) is 0.375. The number of aliphatic hydroxyl groups is 1. The summed E-state index contributed by atoms with van der Waals surface area (Å²) < 4.78 is 33.2. The van der Waals surface area contributed by atoms with Crippen molar-refractivity contribution in [3.8, 4) is 5.75 Å². The average molecular weight is 551 g/mol. The third kappa shape index (κ3) is 8.44. The molecule has 2 atom stereocenters. The molecule has 1 amide bonds. The summed E-state index contributed by atoms with van der Waals surface area (Å²) in [6.07, 6.45) is 1.55. The number of hydrogen-bond acceptors (Lipinski definition) is 5. The van der Waals surface area contributed by atoms with Crippen LogP contribution in [0, 0.1) is 11.6 Å². The highest BCUT2D eigenvalue weighted by Crippen LogP contribution is 2.26. The maximum Gasteiger partial charge on any atom is 0.220 e. The van der Waals surface area contributed by atoms with Gasteiger partial charge in [-0.05, 0) is 78.3 Å². The van der Waals surface area contributed by atoms with Crippen molar-refractivity contribution in [1.82, 2.24) is 10.6 Å². The standard InChI is InChI=1S/C32H36F2N2O4/c1-2-21-5-3-6-22(13-21)19-35-20-30(38)28(16-23-14-26(33)18-27(34)15-23)36-32(39)11-9-29(37)24-8-10-31-25(17-24)7-4-12-40-31/h3,5-6,8,10,13-15,17-18,28,30,35,38H,2,4,7,9,11-12,16,19-20H2,1H3,(H,36,39)/t28-,30-/m0/s1. The molecule has 0 fully saturated rings. The minimum Gasteiger partial charge on any atom is -0.493 e. The fourth-order valence-electron chi connectivity index (χ4n) is 4.92. The smallest absolute Gasteiger partial charge is 0.220 e. The number of rotatable bonds is 13. The maximum absolute atomic E-state index is 13.8. The number of fused-ring (bicyclic) bond motifs is 1. The highest BCUT2D eigenvalue weighted by atomic mass is 19.1. The van der Waals surface area contributed by atoms with E-state index in [9.17, 15) is 23.5 Å². The van der Waals surface area contributed by atoms with Gasteiger partial charge in [0.05, 0.1) is 18.8 Å². The van der Waals surface area contributed by atoms with Crippen LogP contribution in [0.1, 0.15) is 58.8 Å². The van der Waals surface area contributed by atoms with Crippen molar-refractivity contribution < 1.29 is 28.2 Å². The first-order valence-corrected chi connectivity index (χ1v) is 13.8. The van der Waals surface area contributed by atoms with E-state index in [1.807, 2.05) is 24.3 Å². The molecule has 212 valence electrons. The van der Waals surface area contributed by atoms with Crippen LogP contribution in [0.15, 0.2) is 60.7 Å². The van der Waals surface area contributed by atoms with E-state index in [1.165, 1.54) is 17.7 Å². The number of aliphatic hydroxyl groups excluding tert-OH is 1. The van der Waals surface area contributed by atoms with E-state index in [0.717, 1.165) is 42.2 Å². The van der Waals surface area contributed by atoms with Crippen molar-refractivity contribution in [2.75, 3.05) is 13.2 Å². The van der Waals surface area contributed by atoms with Gasteiger partial charge in [-0.2, -0.15) is 0 Å². The second kappa shape index (κ2) is 14.1. The van der Waals surface area contributed by atoms with E-state index in [-0.39, 0.29) is 31.6 Å². The Hall–Kier alpha value is -3.62. The van der Waals surface area contributed by atoms with E-state index in [1.54, 1.807) is 12.1 Å². The van der Waals surface area contributed by atoms with Crippen molar-refractivity contribution >= 4 is 11.7 Å². The Morgan fingerprint density at radius 3 is 2.52 bits per heavy atom. The normalized spacial score (nSPS) is 14.1. The van der Waals surface area contributed by atoms with Gasteiger partial charge in [0.2, 0.25) is 5.91 Å². The van der Waals surface area contributed by atoms with Crippen LogP contribution in [0.3, 0.4) is 0 Å². The first-order chi connectivity index (χ1) is 19.3. The topological polar surface area (TPSA) is 87.7 Å². The van der Waals surface area contributed by atoms with Crippen LogP contribution in [0.25, 0.3) is 0 Å². The van der Waals surface area contributed by atoms with Crippen LogP contribution >= 0.6 is 0 Å². The molecule has 0 aromatic heterocycles. The summed E-state index contributed by atoms with van der Waals surface area (Å²) in [6.45, 7) is 3.40. The van der Waals surface area contributed by atoms with E-state index in [0.29, 0.717) is 24.3 Å². The molecule has 3 N–H and O–H groups in total. The number of carbonyl (C=O) groups excluding carboxylic acids is 2. The largest absolute Gasteiger partial charge is 0.493 e. The number of halogens is 2. The van der Waals surface area contributed by atoms with Gasteiger partial charge < -0.3 is 20.5 Å². The molecule has 4 rings (SSSR count). The van der Waals surface area contributed by atoms with Gasteiger partial charge in [-0.3, -0.25) is 9.59 Å². The Morgan fingerprint density at radius 2 is 1.75 bits per heavy atom. The maximum atomic E-state index is 13.8. The Kier molecular flexibility index (Phi) is 10.4. The summed E-state index contributed by atoms with van der Waals surface area (Å²) in [7, 11) is 0. The Morgan fingerprint density at radius 1 is 0.975 bits per heavy atom. The summed E-state index contributed by atoms with van der Waals surface area (Å²) in [6, 6.07) is 15.7. The van der Waals surface area contributed by atoms with Crippen LogP contribution < -0.4 is 15.4 Å². The molecule has 1 aliphatic rings. The molecule has 0 spiro atoms. The Labute approximate surface area is 233 Å². The van der Waals surface area contributed by atoms with Gasteiger partial charge in [-0.25, -0.2) is 8.78 Å². The first kappa shape index (κ1) is 29.4. The lowest BCUT2D eigenvalue weighted by Crippen LogP contribution is -2.48. The van der Waals surface area contributed by atoms with Crippen LogP contribution in [-0.4, -0.2) is 42.1 Å². The predicted octanol–water partition coefficient (Wildman–Crippen LogP) is 4.69. The number of hydrogen-bond donors (Lipinski definition) is 3. The number of amides is 1. The minimum absolute atomic E-state index is 0.00505. The highest BCUT2D eigenvalue weighted by molar-refractivity contribution is 5.98. The Bertz CT molecular complexity index is 1310. The molecule has 1 aliphatic heterocycles. The molecule has 3 aromatic rings. The third-order valence-corrected chi connectivity index (χ3v) is 7.08. The first-order valence-electron chi connectivity index (χ1n) is 13.8. The van der Waals surface area contributed by atoms with Crippen molar-refractivity contribution in [3.63, 3.8) is 0 Å². The molecule has 0 radical (unpaired) electrons. The van der Waals surface area contributed by atoms with E-state index in [4.69, 9.17) is 4.74 Å². The second-order valence-corrected chi connectivity index (χ2v) is 10.2. The van der Waals surface area contributed by atoms with Gasteiger partial charge in [0.25, 0.3) is 0 Å². The predicted molar refractivity (Wildman–Crippen MR) is 149 cm³/mol. The molecule has 0 saturated heterocycles. The summed E-state index contributed by atoms with van der Waals surface area (Å²) in [5.41, 5.74) is 4.09. The zero-order chi connectivity index (χ0) is 28.5. The molecule has 6 nitrogen and oxygen atoms in total. The van der Waals surface area contributed by atoms with Crippen molar-refractivity contribution in [2.45, 2.75) is 64.1 Å². The average Bonchev–Trinajstić information content (AvgIpc) is 2.94. The van der Waals surface area contributed by atoms with E-state index < -0.39 is 29.7 Å². The van der Waals surface area contributed by atoms with Gasteiger partial charge in [-0.15, -0.1) is 0 Å². The lowest BCUT2D eigenvalue weighted by atomic mass is 9.98. The van der Waals surface area contributed by atoms with Crippen LogP contribution in [-0.2, 0) is 30.6 Å². The van der Waals surface area contributed by atoms with Gasteiger partial charge in [0.15, 0.2) is 5.78 Å². The monoisotopic (exact) mass is 550 g/mol. The van der Waals surface area contributed by atoms with Gasteiger partial charge in [-0.1, -0.05) is 31.2 Å². The number of aryl methyl sites for hydroxylation is 2. The number of ketones is 1. The molecule has 0 bridgehead atoms. The van der Waals surface area contributed by atoms with Crippen LogP contribution in [0.4, 0.5) is 8.78 Å². The number of ether oxygens (including phenoxy) is 1. The molecule has 0 aliphatic carbocycles. The number of Topliss-reactive ketones (excluding diaryl/α,β-unsaturated/α-hetero) is 1. The molecule has 1 heterocycles. The summed E-state index contributed by atoms with van der Waals surface area (Å²) in [4.78, 5) is 25.6. The lowest BCUT2D eigenvalue weighted by molar-refractivity contribution is -0.122. The molecular formula is C32H36F2N2O4. The zero-order valence-electron chi connectivity index (χ0n) is 22.7. The SMILES string of the molecule is CCc1cccc(CNC[C@H](O)[C@H](Cc2cc(F)cc(F)c2)NC(=O)CCC(=O)c2ccc3c(c2)CCCO3)c1. The molecule has 3 aromatic carbocycles. The summed E-state index contributed by atoms with van der Waals surface area (Å²) >= 11 is 0. The highest BCUT2D eigenvalue weighted by Gasteiger charge is 2.23. The van der Waals surface area contributed by atoms with Crippen molar-refractivity contribution in [1.29, 1.82) is 0 Å². The molecule has 0 unspecified atom stereocenters. The number of benzene rings is 3. The fourth-order valence-corrected chi connectivity index (χ4v) is 4.92. The molecule has 8 heteroatoms. The van der Waals surface area contributed by atoms with E-state index in [2.05, 4.69) is 23.6 Å². The number of nitrogens with one attached hydrogen (secondary N) is 2. The van der Waals surface area contributed by atoms with Crippen molar-refractivity contribution in [3.05, 3.63) is 100 Å². The summed E-state index contributed by atoms with van der Waals surface area (Å²) in [5.74, 6) is -1.26.